The lowest BCUT2D eigenvalue weighted by Crippen LogP contribution is -2.39. The van der Waals surface area contributed by atoms with E-state index in [-0.39, 0.29) is 0 Å². The van der Waals surface area contributed by atoms with Crippen molar-refractivity contribution in [3.8, 4) is 0 Å². The quantitative estimate of drug-likeness (QED) is 0.566. The zero-order valence-corrected chi connectivity index (χ0v) is 7.79. The molecule has 0 aliphatic carbocycles. The first-order valence-electron chi connectivity index (χ1n) is 4.85. The molecule has 13 heavy (non-hydrogen) atoms. The Morgan fingerprint density at radius 1 is 0.846 bits per heavy atom. The van der Waals surface area contributed by atoms with Crippen LogP contribution in [0.5, 0.6) is 0 Å². The van der Waals surface area contributed by atoms with Crippen molar-refractivity contribution in [2.24, 2.45) is 0 Å². The van der Waals surface area contributed by atoms with Gasteiger partial charge in [-0.05, 0) is 12.8 Å². The van der Waals surface area contributed by atoms with Gasteiger partial charge in [0.05, 0.1) is 13.2 Å². The second-order valence-corrected chi connectivity index (χ2v) is 3.44. The summed E-state index contributed by atoms with van der Waals surface area (Å²) in [5, 5.41) is 0. The van der Waals surface area contributed by atoms with Gasteiger partial charge in [-0.25, -0.2) is 0 Å². The molecule has 2 rings (SSSR count). The minimum absolute atomic E-state index is 0.323. The van der Waals surface area contributed by atoms with E-state index in [1.807, 2.05) is 0 Å². The summed E-state index contributed by atoms with van der Waals surface area (Å²) in [6, 6.07) is 0. The molecule has 2 aliphatic heterocycles. The fourth-order valence-corrected chi connectivity index (χ4v) is 1.66. The molecule has 0 N–H and O–H groups in total. The highest BCUT2D eigenvalue weighted by Crippen LogP contribution is 2.26. The number of hydrogen-bond donors (Lipinski definition) is 0. The fourth-order valence-electron chi connectivity index (χ4n) is 1.66. The van der Waals surface area contributed by atoms with Crippen LogP contribution in [-0.2, 0) is 18.9 Å². The van der Waals surface area contributed by atoms with Crippen molar-refractivity contribution in [2.75, 3.05) is 33.2 Å². The van der Waals surface area contributed by atoms with Crippen molar-refractivity contribution < 1.29 is 18.9 Å². The van der Waals surface area contributed by atoms with E-state index < -0.39 is 5.79 Å². The predicted molar refractivity (Wildman–Crippen MR) is 45.3 cm³/mol. The standard InChI is InChI=1S/C9H16O4/c1-2-4-10-7-9(3-1)12-6-5-11-8-13-9/h1-8H2. The summed E-state index contributed by atoms with van der Waals surface area (Å²) in [6.45, 7) is 2.89. The summed E-state index contributed by atoms with van der Waals surface area (Å²) in [4.78, 5) is 0. The molecule has 4 heteroatoms. The molecule has 2 heterocycles. The molecular weight excluding hydrogens is 172 g/mol. The van der Waals surface area contributed by atoms with Crippen LogP contribution in [0.3, 0.4) is 0 Å². The highest BCUT2D eigenvalue weighted by molar-refractivity contribution is 4.73. The van der Waals surface area contributed by atoms with Gasteiger partial charge in [-0.3, -0.25) is 0 Å². The number of ether oxygens (including phenoxy) is 4. The third-order valence-corrected chi connectivity index (χ3v) is 2.42. The zero-order valence-electron chi connectivity index (χ0n) is 7.79. The lowest BCUT2D eigenvalue weighted by Gasteiger charge is -2.29. The van der Waals surface area contributed by atoms with Gasteiger partial charge in [0.25, 0.3) is 0 Å². The van der Waals surface area contributed by atoms with Gasteiger partial charge in [0.15, 0.2) is 5.79 Å². The van der Waals surface area contributed by atoms with E-state index in [2.05, 4.69) is 0 Å². The molecule has 76 valence electrons. The topological polar surface area (TPSA) is 36.9 Å². The molecule has 0 aromatic carbocycles. The van der Waals surface area contributed by atoms with Crippen LogP contribution in [0.15, 0.2) is 0 Å². The van der Waals surface area contributed by atoms with Crippen LogP contribution < -0.4 is 0 Å². The molecule has 0 bridgehead atoms. The second-order valence-electron chi connectivity index (χ2n) is 3.44. The molecule has 0 aromatic heterocycles. The van der Waals surface area contributed by atoms with E-state index in [0.717, 1.165) is 25.9 Å². The summed E-state index contributed by atoms with van der Waals surface area (Å²) < 4.78 is 21.8. The van der Waals surface area contributed by atoms with Gasteiger partial charge in [0.2, 0.25) is 0 Å². The molecule has 1 unspecified atom stereocenters. The smallest absolute Gasteiger partial charge is 0.194 e. The molecular formula is C9H16O4. The SMILES string of the molecule is C1CCC2(COC1)OCCOCO2. The first-order chi connectivity index (χ1) is 6.41. The lowest BCUT2D eigenvalue weighted by molar-refractivity contribution is -0.262. The molecule has 2 aliphatic rings. The van der Waals surface area contributed by atoms with E-state index in [0.29, 0.717) is 26.6 Å². The Balaban J connectivity index is 1.97. The molecule has 1 spiro atoms. The average molecular weight is 188 g/mol. The molecule has 2 saturated heterocycles. The van der Waals surface area contributed by atoms with Crippen molar-refractivity contribution in [3.05, 3.63) is 0 Å². The maximum absolute atomic E-state index is 5.64. The van der Waals surface area contributed by atoms with Gasteiger partial charge in [-0.2, -0.15) is 0 Å². The largest absolute Gasteiger partial charge is 0.376 e. The van der Waals surface area contributed by atoms with Crippen molar-refractivity contribution >= 4 is 0 Å². The van der Waals surface area contributed by atoms with Crippen molar-refractivity contribution in [2.45, 2.75) is 25.0 Å². The molecule has 0 amide bonds. The second kappa shape index (κ2) is 4.37. The summed E-state index contributed by atoms with van der Waals surface area (Å²) >= 11 is 0. The van der Waals surface area contributed by atoms with Crippen LogP contribution in [-0.4, -0.2) is 39.0 Å². The van der Waals surface area contributed by atoms with E-state index in [1.165, 1.54) is 0 Å². The van der Waals surface area contributed by atoms with Gasteiger partial charge in [-0.15, -0.1) is 0 Å². The van der Waals surface area contributed by atoms with Gasteiger partial charge >= 0.3 is 0 Å². The first-order valence-corrected chi connectivity index (χ1v) is 4.85. The summed E-state index contributed by atoms with van der Waals surface area (Å²) in [6.07, 6.45) is 3.10. The average Bonchev–Trinajstić information content (AvgIpc) is 2.50. The fraction of sp³-hybridized carbons (Fsp3) is 1.00. The third kappa shape index (κ3) is 2.40. The van der Waals surface area contributed by atoms with E-state index in [1.54, 1.807) is 0 Å². The Hall–Kier alpha value is -0.160. The first kappa shape index (κ1) is 9.40. The van der Waals surface area contributed by atoms with Crippen LogP contribution in [0.1, 0.15) is 19.3 Å². The maximum Gasteiger partial charge on any atom is 0.194 e. The summed E-state index contributed by atoms with van der Waals surface area (Å²) in [5.74, 6) is -0.521. The van der Waals surface area contributed by atoms with Crippen molar-refractivity contribution in [1.29, 1.82) is 0 Å². The van der Waals surface area contributed by atoms with Crippen molar-refractivity contribution in [1.82, 2.24) is 0 Å². The minimum atomic E-state index is -0.521. The van der Waals surface area contributed by atoms with Gasteiger partial charge in [0, 0.05) is 13.0 Å². The van der Waals surface area contributed by atoms with Crippen LogP contribution >= 0.6 is 0 Å². The Morgan fingerprint density at radius 2 is 1.85 bits per heavy atom. The predicted octanol–water partition coefficient (Wildman–Crippen LogP) is 0.904. The lowest BCUT2D eigenvalue weighted by atomic mass is 10.1. The molecule has 1 atom stereocenters. The molecule has 0 saturated carbocycles. The molecule has 0 aromatic rings. The Morgan fingerprint density at radius 3 is 2.85 bits per heavy atom. The third-order valence-electron chi connectivity index (χ3n) is 2.42. The number of rotatable bonds is 0. The normalized spacial score (nSPS) is 36.9. The van der Waals surface area contributed by atoms with Gasteiger partial charge in [-0.1, -0.05) is 0 Å². The summed E-state index contributed by atoms with van der Waals surface area (Å²) in [7, 11) is 0. The Kier molecular flexibility index (Phi) is 3.16. The van der Waals surface area contributed by atoms with Crippen LogP contribution in [0, 0.1) is 0 Å². The molecule has 2 fully saturated rings. The number of hydrogen-bond acceptors (Lipinski definition) is 4. The zero-order chi connectivity index (χ0) is 8.99. The van der Waals surface area contributed by atoms with Gasteiger partial charge in [0.1, 0.15) is 13.4 Å². The Labute approximate surface area is 78.1 Å². The van der Waals surface area contributed by atoms with E-state index >= 15 is 0 Å². The Bertz CT molecular complexity index is 122. The van der Waals surface area contributed by atoms with Crippen LogP contribution in [0.25, 0.3) is 0 Å². The summed E-state index contributed by atoms with van der Waals surface area (Å²) in [5.41, 5.74) is 0. The van der Waals surface area contributed by atoms with Crippen LogP contribution in [0.2, 0.25) is 0 Å². The van der Waals surface area contributed by atoms with Crippen LogP contribution in [0.4, 0.5) is 0 Å². The van der Waals surface area contributed by atoms with E-state index in [4.69, 9.17) is 18.9 Å². The van der Waals surface area contributed by atoms with E-state index in [9.17, 15) is 0 Å². The van der Waals surface area contributed by atoms with Gasteiger partial charge < -0.3 is 18.9 Å². The molecule has 4 nitrogen and oxygen atoms in total. The highest BCUT2D eigenvalue weighted by Gasteiger charge is 2.35. The van der Waals surface area contributed by atoms with Crippen molar-refractivity contribution in [3.63, 3.8) is 0 Å². The molecule has 0 radical (unpaired) electrons. The minimum Gasteiger partial charge on any atom is -0.376 e. The monoisotopic (exact) mass is 188 g/mol. The highest BCUT2D eigenvalue weighted by atomic mass is 16.8. The maximum atomic E-state index is 5.64.